The molecule has 1 saturated carbocycles. The molecule has 2 saturated heterocycles. The lowest BCUT2D eigenvalue weighted by atomic mass is 10.00. The van der Waals surface area contributed by atoms with E-state index in [4.69, 9.17) is 4.74 Å². The standard InChI is InChI=1S/C13H20N2O3/c1-8-4-10-11(5-8)13(17)15(12(10)16)7-9-6-14-2-3-18-9/h8-11,14H,2-7H2,1H3. The van der Waals surface area contributed by atoms with Crippen molar-refractivity contribution in [2.75, 3.05) is 26.2 Å². The normalized spacial score (nSPS) is 40.4. The number of rotatable bonds is 2. The smallest absolute Gasteiger partial charge is 0.233 e. The number of hydrogen-bond donors (Lipinski definition) is 1. The molecule has 0 aromatic heterocycles. The Labute approximate surface area is 107 Å². The van der Waals surface area contributed by atoms with Crippen molar-refractivity contribution in [3.05, 3.63) is 0 Å². The van der Waals surface area contributed by atoms with Crippen LogP contribution >= 0.6 is 0 Å². The molecule has 2 aliphatic heterocycles. The third kappa shape index (κ3) is 1.95. The molecular weight excluding hydrogens is 232 g/mol. The van der Waals surface area contributed by atoms with Crippen LogP contribution in [-0.2, 0) is 14.3 Å². The SMILES string of the molecule is CC1CC2C(=O)N(CC3CNCCO3)C(=O)C2C1. The summed E-state index contributed by atoms with van der Waals surface area (Å²) < 4.78 is 5.57. The van der Waals surface area contributed by atoms with Crippen LogP contribution in [0.1, 0.15) is 19.8 Å². The predicted molar refractivity (Wildman–Crippen MR) is 64.7 cm³/mol. The maximum Gasteiger partial charge on any atom is 0.233 e. The van der Waals surface area contributed by atoms with Crippen LogP contribution in [0.2, 0.25) is 0 Å². The number of nitrogens with one attached hydrogen (secondary N) is 1. The summed E-state index contributed by atoms with van der Waals surface area (Å²) in [6.45, 7) is 4.78. The van der Waals surface area contributed by atoms with Gasteiger partial charge in [0.05, 0.1) is 31.1 Å². The lowest BCUT2D eigenvalue weighted by molar-refractivity contribution is -0.143. The average molecular weight is 252 g/mol. The Morgan fingerprint density at radius 1 is 1.28 bits per heavy atom. The van der Waals surface area contributed by atoms with Gasteiger partial charge in [-0.3, -0.25) is 14.5 Å². The van der Waals surface area contributed by atoms with Crippen molar-refractivity contribution in [2.45, 2.75) is 25.9 Å². The van der Waals surface area contributed by atoms with Crippen LogP contribution in [0.5, 0.6) is 0 Å². The van der Waals surface area contributed by atoms with Crippen molar-refractivity contribution in [3.63, 3.8) is 0 Å². The number of likely N-dealkylation sites (tertiary alicyclic amines) is 1. The number of morpholine rings is 1. The van der Waals surface area contributed by atoms with E-state index in [2.05, 4.69) is 12.2 Å². The first-order valence-corrected chi connectivity index (χ1v) is 6.84. The van der Waals surface area contributed by atoms with E-state index in [9.17, 15) is 9.59 Å². The third-order valence-electron chi connectivity index (χ3n) is 4.36. The Bertz CT molecular complexity index is 341. The van der Waals surface area contributed by atoms with E-state index < -0.39 is 0 Å². The number of nitrogens with zero attached hydrogens (tertiary/aromatic N) is 1. The summed E-state index contributed by atoms with van der Waals surface area (Å²) in [7, 11) is 0. The molecule has 0 aromatic rings. The summed E-state index contributed by atoms with van der Waals surface area (Å²) in [6, 6.07) is 0. The number of ether oxygens (including phenoxy) is 1. The van der Waals surface area contributed by atoms with Crippen LogP contribution in [0.4, 0.5) is 0 Å². The fourth-order valence-electron chi connectivity index (χ4n) is 3.47. The third-order valence-corrected chi connectivity index (χ3v) is 4.36. The second kappa shape index (κ2) is 4.63. The summed E-state index contributed by atoms with van der Waals surface area (Å²) in [4.78, 5) is 25.9. The van der Waals surface area contributed by atoms with E-state index in [-0.39, 0.29) is 29.8 Å². The Morgan fingerprint density at radius 3 is 2.50 bits per heavy atom. The summed E-state index contributed by atoms with van der Waals surface area (Å²) in [5.74, 6) is 0.461. The molecule has 3 atom stereocenters. The average Bonchev–Trinajstić information content (AvgIpc) is 2.85. The molecule has 2 amide bonds. The van der Waals surface area contributed by atoms with Gasteiger partial charge in [-0.2, -0.15) is 0 Å². The maximum atomic E-state index is 12.2. The van der Waals surface area contributed by atoms with Crippen molar-refractivity contribution < 1.29 is 14.3 Å². The van der Waals surface area contributed by atoms with E-state index in [0.29, 0.717) is 19.1 Å². The fourth-order valence-corrected chi connectivity index (χ4v) is 3.47. The van der Waals surface area contributed by atoms with Crippen molar-refractivity contribution >= 4 is 11.8 Å². The highest BCUT2D eigenvalue weighted by Crippen LogP contribution is 2.42. The molecule has 0 radical (unpaired) electrons. The molecule has 1 N–H and O–H groups in total. The molecule has 18 heavy (non-hydrogen) atoms. The molecule has 3 unspecified atom stereocenters. The Kier molecular flexibility index (Phi) is 3.11. The zero-order chi connectivity index (χ0) is 12.7. The summed E-state index contributed by atoms with van der Waals surface area (Å²) in [5.41, 5.74) is 0. The predicted octanol–water partition coefficient (Wildman–Crippen LogP) is 0.00590. The Hall–Kier alpha value is -0.940. The van der Waals surface area contributed by atoms with Gasteiger partial charge in [0.1, 0.15) is 0 Å². The lowest BCUT2D eigenvalue weighted by Crippen LogP contribution is -2.47. The molecule has 3 fully saturated rings. The zero-order valence-electron chi connectivity index (χ0n) is 10.7. The molecule has 2 heterocycles. The number of fused-ring (bicyclic) bond motifs is 1. The van der Waals surface area contributed by atoms with Gasteiger partial charge < -0.3 is 10.1 Å². The first kappa shape index (κ1) is 12.1. The van der Waals surface area contributed by atoms with Crippen LogP contribution in [0.25, 0.3) is 0 Å². The Balaban J connectivity index is 1.67. The number of carbonyl (C=O) groups is 2. The van der Waals surface area contributed by atoms with Gasteiger partial charge in [0.2, 0.25) is 11.8 Å². The van der Waals surface area contributed by atoms with E-state index in [1.807, 2.05) is 0 Å². The van der Waals surface area contributed by atoms with Crippen LogP contribution in [0, 0.1) is 17.8 Å². The molecule has 5 heteroatoms. The van der Waals surface area contributed by atoms with Crippen LogP contribution < -0.4 is 5.32 Å². The van der Waals surface area contributed by atoms with Gasteiger partial charge in [-0.25, -0.2) is 0 Å². The topological polar surface area (TPSA) is 58.6 Å². The minimum atomic E-state index is -0.0518. The quantitative estimate of drug-likeness (QED) is 0.703. The van der Waals surface area contributed by atoms with E-state index >= 15 is 0 Å². The monoisotopic (exact) mass is 252 g/mol. The van der Waals surface area contributed by atoms with Crippen molar-refractivity contribution in [1.82, 2.24) is 10.2 Å². The second-order valence-corrected chi connectivity index (χ2v) is 5.77. The van der Waals surface area contributed by atoms with Crippen molar-refractivity contribution in [2.24, 2.45) is 17.8 Å². The minimum Gasteiger partial charge on any atom is -0.374 e. The van der Waals surface area contributed by atoms with Crippen LogP contribution in [0.15, 0.2) is 0 Å². The summed E-state index contributed by atoms with van der Waals surface area (Å²) in [5, 5.41) is 3.22. The van der Waals surface area contributed by atoms with Crippen LogP contribution in [-0.4, -0.2) is 49.1 Å². The second-order valence-electron chi connectivity index (χ2n) is 5.77. The van der Waals surface area contributed by atoms with Gasteiger partial charge in [0.25, 0.3) is 0 Å². The highest BCUT2D eigenvalue weighted by Gasteiger charge is 2.51. The highest BCUT2D eigenvalue weighted by atomic mass is 16.5. The van der Waals surface area contributed by atoms with Crippen molar-refractivity contribution in [1.29, 1.82) is 0 Å². The maximum absolute atomic E-state index is 12.2. The molecule has 100 valence electrons. The first-order chi connectivity index (χ1) is 8.66. The molecule has 3 aliphatic rings. The summed E-state index contributed by atoms with van der Waals surface area (Å²) >= 11 is 0. The fraction of sp³-hybridized carbons (Fsp3) is 0.846. The zero-order valence-corrected chi connectivity index (χ0v) is 10.7. The molecule has 1 aliphatic carbocycles. The number of imide groups is 1. The Morgan fingerprint density at radius 2 is 1.94 bits per heavy atom. The summed E-state index contributed by atoms with van der Waals surface area (Å²) in [6.07, 6.45) is 1.70. The van der Waals surface area contributed by atoms with Crippen molar-refractivity contribution in [3.8, 4) is 0 Å². The largest absolute Gasteiger partial charge is 0.374 e. The van der Waals surface area contributed by atoms with Crippen LogP contribution in [0.3, 0.4) is 0 Å². The molecule has 3 rings (SSSR count). The van der Waals surface area contributed by atoms with E-state index in [0.717, 1.165) is 25.9 Å². The minimum absolute atomic E-state index is 0.0310. The van der Waals surface area contributed by atoms with Gasteiger partial charge in [-0.05, 0) is 18.8 Å². The number of amides is 2. The molecule has 0 aromatic carbocycles. The van der Waals surface area contributed by atoms with Gasteiger partial charge in [-0.15, -0.1) is 0 Å². The number of hydrogen-bond acceptors (Lipinski definition) is 4. The van der Waals surface area contributed by atoms with Gasteiger partial charge >= 0.3 is 0 Å². The highest BCUT2D eigenvalue weighted by molar-refractivity contribution is 6.05. The lowest BCUT2D eigenvalue weighted by Gasteiger charge is -2.27. The van der Waals surface area contributed by atoms with Gasteiger partial charge in [0.15, 0.2) is 0 Å². The van der Waals surface area contributed by atoms with E-state index in [1.54, 1.807) is 0 Å². The van der Waals surface area contributed by atoms with Gasteiger partial charge in [-0.1, -0.05) is 6.92 Å². The number of carbonyl (C=O) groups excluding carboxylic acids is 2. The molecule has 0 spiro atoms. The molecule has 0 bridgehead atoms. The van der Waals surface area contributed by atoms with E-state index in [1.165, 1.54) is 4.90 Å². The first-order valence-electron chi connectivity index (χ1n) is 6.84. The molecular formula is C13H20N2O3. The van der Waals surface area contributed by atoms with Gasteiger partial charge in [0, 0.05) is 13.1 Å². The molecule has 5 nitrogen and oxygen atoms in total.